The molecule has 0 spiro atoms. The van der Waals surface area contributed by atoms with Crippen molar-refractivity contribution in [1.29, 1.82) is 0 Å². The van der Waals surface area contributed by atoms with Crippen LogP contribution in [0.25, 0.3) is 0 Å². The van der Waals surface area contributed by atoms with E-state index in [-0.39, 0.29) is 23.4 Å². The first-order valence-electron chi connectivity index (χ1n) is 6.51. The predicted octanol–water partition coefficient (Wildman–Crippen LogP) is 0.967. The fourth-order valence-electron chi connectivity index (χ4n) is 2.76. The molecule has 0 bridgehead atoms. The third kappa shape index (κ3) is 2.51. The number of amides is 1. The Balaban J connectivity index is 1.86. The number of esters is 1. The van der Waals surface area contributed by atoms with E-state index in [2.05, 4.69) is 0 Å². The molecule has 5 nitrogen and oxygen atoms in total. The molecule has 18 heavy (non-hydrogen) atoms. The molecule has 1 atom stereocenters. The normalized spacial score (nSPS) is 25.7. The highest BCUT2D eigenvalue weighted by atomic mass is 16.5. The molecule has 1 amide bonds. The zero-order chi connectivity index (χ0) is 13.2. The van der Waals surface area contributed by atoms with Crippen LogP contribution in [-0.2, 0) is 19.1 Å². The van der Waals surface area contributed by atoms with Crippen LogP contribution < -0.4 is 0 Å². The molecule has 0 radical (unpaired) electrons. The van der Waals surface area contributed by atoms with E-state index in [0.717, 1.165) is 19.3 Å². The third-order valence-corrected chi connectivity index (χ3v) is 4.25. The summed E-state index contributed by atoms with van der Waals surface area (Å²) in [5.41, 5.74) is -0.236. The molecule has 102 valence electrons. The summed E-state index contributed by atoms with van der Waals surface area (Å²) in [7, 11) is 3.06. The number of methoxy groups -OCH3 is 2. The van der Waals surface area contributed by atoms with E-state index in [4.69, 9.17) is 9.47 Å². The van der Waals surface area contributed by atoms with Gasteiger partial charge in [0, 0.05) is 20.2 Å². The summed E-state index contributed by atoms with van der Waals surface area (Å²) in [6.07, 6.45) is 4.20. The summed E-state index contributed by atoms with van der Waals surface area (Å²) in [6, 6.07) is 0. The second kappa shape index (κ2) is 5.26. The largest absolute Gasteiger partial charge is 0.469 e. The molecular weight excluding hydrogens is 234 g/mol. The Morgan fingerprint density at radius 2 is 2.06 bits per heavy atom. The van der Waals surface area contributed by atoms with Gasteiger partial charge in [-0.2, -0.15) is 0 Å². The van der Waals surface area contributed by atoms with Gasteiger partial charge in [-0.05, 0) is 25.7 Å². The van der Waals surface area contributed by atoms with Gasteiger partial charge in [-0.25, -0.2) is 0 Å². The van der Waals surface area contributed by atoms with E-state index in [9.17, 15) is 9.59 Å². The molecule has 2 rings (SSSR count). The average molecular weight is 255 g/mol. The van der Waals surface area contributed by atoms with Gasteiger partial charge in [0.2, 0.25) is 5.91 Å². The number of nitrogens with zero attached hydrogens (tertiary/aromatic N) is 1. The Morgan fingerprint density at radius 1 is 1.33 bits per heavy atom. The summed E-state index contributed by atoms with van der Waals surface area (Å²) in [4.78, 5) is 25.3. The van der Waals surface area contributed by atoms with E-state index < -0.39 is 0 Å². The van der Waals surface area contributed by atoms with Crippen LogP contribution in [0.1, 0.15) is 32.1 Å². The van der Waals surface area contributed by atoms with Crippen LogP contribution in [-0.4, -0.2) is 49.7 Å². The number of hydrogen-bond acceptors (Lipinski definition) is 4. The van der Waals surface area contributed by atoms with E-state index in [1.54, 1.807) is 12.0 Å². The van der Waals surface area contributed by atoms with E-state index in [1.165, 1.54) is 7.11 Å². The quantitative estimate of drug-likeness (QED) is 0.702. The SMILES string of the molecule is COC(=O)C1CCN(C(=O)CC2(OC)CCC2)C1. The van der Waals surface area contributed by atoms with Crippen molar-refractivity contribution in [2.45, 2.75) is 37.7 Å². The number of ether oxygens (including phenoxy) is 2. The van der Waals surface area contributed by atoms with Crippen LogP contribution in [0.3, 0.4) is 0 Å². The lowest BCUT2D eigenvalue weighted by Gasteiger charge is -2.40. The van der Waals surface area contributed by atoms with E-state index in [1.807, 2.05) is 0 Å². The molecule has 2 fully saturated rings. The van der Waals surface area contributed by atoms with Crippen LogP contribution in [0.4, 0.5) is 0 Å². The molecule has 0 N–H and O–H groups in total. The van der Waals surface area contributed by atoms with Gasteiger partial charge in [0.1, 0.15) is 0 Å². The van der Waals surface area contributed by atoms with Crippen LogP contribution in [0.2, 0.25) is 0 Å². The van der Waals surface area contributed by atoms with Gasteiger partial charge in [-0.1, -0.05) is 0 Å². The monoisotopic (exact) mass is 255 g/mol. The Morgan fingerprint density at radius 3 is 2.56 bits per heavy atom. The lowest BCUT2D eigenvalue weighted by atomic mass is 9.77. The van der Waals surface area contributed by atoms with Crippen LogP contribution in [0, 0.1) is 5.92 Å². The molecule has 0 aromatic rings. The zero-order valence-electron chi connectivity index (χ0n) is 11.1. The van der Waals surface area contributed by atoms with E-state index >= 15 is 0 Å². The topological polar surface area (TPSA) is 55.8 Å². The smallest absolute Gasteiger partial charge is 0.310 e. The summed E-state index contributed by atoms with van der Waals surface area (Å²) in [6.45, 7) is 1.14. The maximum Gasteiger partial charge on any atom is 0.310 e. The Bertz CT molecular complexity index is 332. The summed E-state index contributed by atoms with van der Waals surface area (Å²) in [5, 5.41) is 0. The number of rotatable bonds is 4. The van der Waals surface area contributed by atoms with Gasteiger partial charge in [-0.3, -0.25) is 9.59 Å². The maximum absolute atomic E-state index is 12.2. The van der Waals surface area contributed by atoms with Crippen LogP contribution >= 0.6 is 0 Å². The molecule has 1 saturated heterocycles. The van der Waals surface area contributed by atoms with Gasteiger partial charge < -0.3 is 14.4 Å². The van der Waals surface area contributed by atoms with Gasteiger partial charge in [-0.15, -0.1) is 0 Å². The lowest BCUT2D eigenvalue weighted by Crippen LogP contribution is -2.44. The van der Waals surface area contributed by atoms with Gasteiger partial charge in [0.15, 0.2) is 0 Å². The van der Waals surface area contributed by atoms with Gasteiger partial charge >= 0.3 is 5.97 Å². The highest BCUT2D eigenvalue weighted by Gasteiger charge is 2.41. The van der Waals surface area contributed by atoms with E-state index in [0.29, 0.717) is 25.9 Å². The molecule has 1 aliphatic carbocycles. The average Bonchev–Trinajstić information content (AvgIpc) is 2.82. The molecule has 1 aliphatic heterocycles. The molecule has 2 aliphatic rings. The molecular formula is C13H21NO4. The highest BCUT2D eigenvalue weighted by Crippen LogP contribution is 2.38. The van der Waals surface area contributed by atoms with Crippen LogP contribution in [0.15, 0.2) is 0 Å². The maximum atomic E-state index is 12.2. The van der Waals surface area contributed by atoms with Crippen molar-refractivity contribution in [1.82, 2.24) is 4.90 Å². The lowest BCUT2D eigenvalue weighted by molar-refractivity contribution is -0.146. The minimum Gasteiger partial charge on any atom is -0.469 e. The molecule has 1 saturated carbocycles. The number of hydrogen-bond donors (Lipinski definition) is 0. The number of carbonyl (C=O) groups excluding carboxylic acids is 2. The van der Waals surface area contributed by atoms with Crippen molar-refractivity contribution in [3.63, 3.8) is 0 Å². The van der Waals surface area contributed by atoms with Crippen molar-refractivity contribution in [3.8, 4) is 0 Å². The second-order valence-corrected chi connectivity index (χ2v) is 5.27. The minimum atomic E-state index is -0.236. The van der Waals surface area contributed by atoms with Crippen molar-refractivity contribution in [3.05, 3.63) is 0 Å². The highest BCUT2D eigenvalue weighted by molar-refractivity contribution is 5.80. The molecule has 5 heteroatoms. The van der Waals surface area contributed by atoms with Crippen molar-refractivity contribution >= 4 is 11.9 Å². The molecule has 0 aromatic heterocycles. The molecule has 1 unspecified atom stereocenters. The Kier molecular flexibility index (Phi) is 3.90. The van der Waals surface area contributed by atoms with Gasteiger partial charge in [0.05, 0.1) is 25.0 Å². The number of carbonyl (C=O) groups is 2. The van der Waals surface area contributed by atoms with Gasteiger partial charge in [0.25, 0.3) is 0 Å². The summed E-state index contributed by atoms with van der Waals surface area (Å²) >= 11 is 0. The molecule has 0 aromatic carbocycles. The predicted molar refractivity (Wildman–Crippen MR) is 64.9 cm³/mol. The first-order valence-corrected chi connectivity index (χ1v) is 6.51. The summed E-state index contributed by atoms with van der Waals surface area (Å²) in [5.74, 6) is -0.266. The zero-order valence-corrected chi connectivity index (χ0v) is 11.1. The van der Waals surface area contributed by atoms with Crippen molar-refractivity contribution in [2.24, 2.45) is 5.92 Å². The fraction of sp³-hybridized carbons (Fsp3) is 0.846. The second-order valence-electron chi connectivity index (χ2n) is 5.27. The molecule has 1 heterocycles. The first kappa shape index (κ1) is 13.3. The summed E-state index contributed by atoms with van der Waals surface area (Å²) < 4.78 is 10.2. The fourth-order valence-corrected chi connectivity index (χ4v) is 2.76. The van der Waals surface area contributed by atoms with Crippen LogP contribution in [0.5, 0.6) is 0 Å². The minimum absolute atomic E-state index is 0.1000. The van der Waals surface area contributed by atoms with Crippen molar-refractivity contribution in [2.75, 3.05) is 27.3 Å². The first-order chi connectivity index (χ1) is 8.60. The van der Waals surface area contributed by atoms with Crippen molar-refractivity contribution < 1.29 is 19.1 Å². The standard InChI is InChI=1S/C13H21NO4/c1-17-12(16)10-4-7-14(9-10)11(15)8-13(18-2)5-3-6-13/h10H,3-9H2,1-2H3. The Labute approximate surface area is 107 Å². The third-order valence-electron chi connectivity index (χ3n) is 4.25. The number of likely N-dealkylation sites (tertiary alicyclic amines) is 1. The Hall–Kier alpha value is -1.10.